The summed E-state index contributed by atoms with van der Waals surface area (Å²) in [5.74, 6) is -1.41. The second-order valence-electron chi connectivity index (χ2n) is 4.58. The van der Waals surface area contributed by atoms with Crippen LogP contribution >= 0.6 is 0 Å². The van der Waals surface area contributed by atoms with Crippen LogP contribution in [0.4, 0.5) is 13.2 Å². The predicted molar refractivity (Wildman–Crippen MR) is 64.8 cm³/mol. The molecule has 2 nitrogen and oxygen atoms in total. The third-order valence-corrected chi connectivity index (χ3v) is 3.22. The largest absolute Gasteiger partial charge is 0.394 e. The maximum Gasteiger partial charge on any atom is 0.394 e. The van der Waals surface area contributed by atoms with E-state index >= 15 is 0 Å². The highest BCUT2D eigenvalue weighted by Gasteiger charge is 2.39. The minimum absolute atomic E-state index is 0.0228. The van der Waals surface area contributed by atoms with Gasteiger partial charge in [-0.3, -0.25) is 0 Å². The van der Waals surface area contributed by atoms with Gasteiger partial charge >= 0.3 is 6.18 Å². The molecule has 0 heterocycles. The normalized spacial score (nSPS) is 16.2. The van der Waals surface area contributed by atoms with Gasteiger partial charge in [0.05, 0.1) is 5.92 Å². The van der Waals surface area contributed by atoms with Crippen LogP contribution in [0.15, 0.2) is 0 Å². The Morgan fingerprint density at radius 3 is 2.18 bits per heavy atom. The number of halogens is 3. The van der Waals surface area contributed by atoms with Crippen molar-refractivity contribution in [3.63, 3.8) is 0 Å². The van der Waals surface area contributed by atoms with E-state index in [0.717, 1.165) is 25.8 Å². The van der Waals surface area contributed by atoms with Crippen LogP contribution in [0.3, 0.4) is 0 Å². The monoisotopic (exact) mass is 254 g/mol. The maximum atomic E-state index is 12.7. The van der Waals surface area contributed by atoms with Crippen molar-refractivity contribution in [1.29, 1.82) is 0 Å². The van der Waals surface area contributed by atoms with Crippen LogP contribution in [-0.2, 0) is 0 Å². The molecule has 0 spiro atoms. The van der Waals surface area contributed by atoms with Crippen LogP contribution in [-0.4, -0.2) is 36.8 Å². The summed E-state index contributed by atoms with van der Waals surface area (Å²) in [7, 11) is 0. The first kappa shape index (κ1) is 16.7. The number of alkyl halides is 3. The zero-order chi connectivity index (χ0) is 13.5. The van der Waals surface area contributed by atoms with E-state index in [1.807, 2.05) is 25.7 Å². The molecule has 5 heteroatoms. The molecular formula is C12H25F3N2. The molecule has 0 aromatic heterocycles. The summed E-state index contributed by atoms with van der Waals surface area (Å²) in [4.78, 5) is 1.91. The smallest absolute Gasteiger partial charge is 0.330 e. The van der Waals surface area contributed by atoms with Gasteiger partial charge in [-0.2, -0.15) is 13.2 Å². The molecule has 0 amide bonds. The molecule has 0 rings (SSSR count). The summed E-state index contributed by atoms with van der Waals surface area (Å²) in [6.45, 7) is 6.42. The van der Waals surface area contributed by atoms with Crippen molar-refractivity contribution in [2.45, 2.75) is 52.3 Å². The van der Waals surface area contributed by atoms with Gasteiger partial charge in [0.1, 0.15) is 0 Å². The SMILES string of the molecule is CCCCN(CC(CN)C(F)(F)F)C(C)CC. The van der Waals surface area contributed by atoms with Crippen LogP contribution in [0.2, 0.25) is 0 Å². The molecule has 0 aliphatic carbocycles. The predicted octanol–water partition coefficient (Wildman–Crippen LogP) is 3.02. The van der Waals surface area contributed by atoms with Crippen molar-refractivity contribution in [1.82, 2.24) is 4.90 Å². The molecule has 2 unspecified atom stereocenters. The van der Waals surface area contributed by atoms with Crippen molar-refractivity contribution in [3.05, 3.63) is 0 Å². The van der Waals surface area contributed by atoms with Gasteiger partial charge < -0.3 is 10.6 Å². The van der Waals surface area contributed by atoms with Crippen molar-refractivity contribution >= 4 is 0 Å². The van der Waals surface area contributed by atoms with E-state index < -0.39 is 12.1 Å². The first-order valence-corrected chi connectivity index (χ1v) is 6.37. The molecule has 0 aliphatic rings. The fourth-order valence-corrected chi connectivity index (χ4v) is 1.71. The topological polar surface area (TPSA) is 29.3 Å². The summed E-state index contributed by atoms with van der Waals surface area (Å²) < 4.78 is 38.0. The summed E-state index contributed by atoms with van der Waals surface area (Å²) in [5.41, 5.74) is 5.23. The van der Waals surface area contributed by atoms with Gasteiger partial charge in [-0.1, -0.05) is 20.3 Å². The van der Waals surface area contributed by atoms with E-state index in [1.54, 1.807) is 0 Å². The Bertz CT molecular complexity index is 195. The molecule has 2 N–H and O–H groups in total. The highest BCUT2D eigenvalue weighted by molar-refractivity contribution is 4.76. The second-order valence-corrected chi connectivity index (χ2v) is 4.58. The zero-order valence-corrected chi connectivity index (χ0v) is 11.1. The third-order valence-electron chi connectivity index (χ3n) is 3.22. The van der Waals surface area contributed by atoms with Crippen molar-refractivity contribution in [2.75, 3.05) is 19.6 Å². The second kappa shape index (κ2) is 7.93. The van der Waals surface area contributed by atoms with Gasteiger partial charge in [-0.05, 0) is 26.3 Å². The summed E-state index contributed by atoms with van der Waals surface area (Å²) in [5, 5.41) is 0. The maximum absolute atomic E-state index is 12.7. The molecule has 0 bridgehead atoms. The average Bonchev–Trinajstić information content (AvgIpc) is 2.26. The summed E-state index contributed by atoms with van der Waals surface area (Å²) in [6.07, 6.45) is -1.41. The van der Waals surface area contributed by atoms with Crippen LogP contribution in [0.5, 0.6) is 0 Å². The molecule has 0 saturated heterocycles. The van der Waals surface area contributed by atoms with Gasteiger partial charge in [-0.15, -0.1) is 0 Å². The highest BCUT2D eigenvalue weighted by atomic mass is 19.4. The molecular weight excluding hydrogens is 229 g/mol. The minimum Gasteiger partial charge on any atom is -0.330 e. The van der Waals surface area contributed by atoms with E-state index in [2.05, 4.69) is 0 Å². The number of hydrogen-bond acceptors (Lipinski definition) is 2. The number of hydrogen-bond donors (Lipinski definition) is 1. The van der Waals surface area contributed by atoms with E-state index in [1.165, 1.54) is 0 Å². The van der Waals surface area contributed by atoms with Crippen LogP contribution in [0.25, 0.3) is 0 Å². The van der Waals surface area contributed by atoms with Gasteiger partial charge in [0.15, 0.2) is 0 Å². The molecule has 0 radical (unpaired) electrons. The molecule has 2 atom stereocenters. The van der Waals surface area contributed by atoms with E-state index in [9.17, 15) is 13.2 Å². The zero-order valence-electron chi connectivity index (χ0n) is 11.1. The van der Waals surface area contributed by atoms with Crippen LogP contribution < -0.4 is 5.73 Å². The molecule has 17 heavy (non-hydrogen) atoms. The first-order valence-electron chi connectivity index (χ1n) is 6.37. The lowest BCUT2D eigenvalue weighted by molar-refractivity contribution is -0.177. The van der Waals surface area contributed by atoms with E-state index in [-0.39, 0.29) is 19.1 Å². The lowest BCUT2D eigenvalue weighted by atomic mass is 10.1. The number of nitrogens with two attached hydrogens (primary N) is 1. The number of nitrogens with zero attached hydrogens (tertiary/aromatic N) is 1. The van der Waals surface area contributed by atoms with Crippen molar-refractivity contribution in [3.8, 4) is 0 Å². The Kier molecular flexibility index (Phi) is 7.79. The van der Waals surface area contributed by atoms with Crippen molar-refractivity contribution < 1.29 is 13.2 Å². The average molecular weight is 254 g/mol. The number of unbranched alkanes of at least 4 members (excludes halogenated alkanes) is 1. The van der Waals surface area contributed by atoms with Gasteiger partial charge in [-0.25, -0.2) is 0 Å². The minimum atomic E-state index is -4.19. The fourth-order valence-electron chi connectivity index (χ4n) is 1.71. The highest BCUT2D eigenvalue weighted by Crippen LogP contribution is 2.27. The molecule has 0 aliphatic heterocycles. The Morgan fingerprint density at radius 1 is 1.24 bits per heavy atom. The fraction of sp³-hybridized carbons (Fsp3) is 1.00. The Morgan fingerprint density at radius 2 is 1.82 bits per heavy atom. The molecule has 0 aromatic rings. The van der Waals surface area contributed by atoms with E-state index in [0.29, 0.717) is 0 Å². The first-order chi connectivity index (χ1) is 7.86. The lowest BCUT2D eigenvalue weighted by Gasteiger charge is -2.32. The number of rotatable bonds is 8. The van der Waals surface area contributed by atoms with Crippen LogP contribution in [0.1, 0.15) is 40.0 Å². The van der Waals surface area contributed by atoms with Gasteiger partial charge in [0.25, 0.3) is 0 Å². The summed E-state index contributed by atoms with van der Waals surface area (Å²) in [6, 6.07) is 0.179. The van der Waals surface area contributed by atoms with E-state index in [4.69, 9.17) is 5.73 Å². The quantitative estimate of drug-likeness (QED) is 0.721. The molecule has 0 aromatic carbocycles. The van der Waals surface area contributed by atoms with Gasteiger partial charge in [0.2, 0.25) is 0 Å². The molecule has 0 saturated carbocycles. The van der Waals surface area contributed by atoms with Crippen LogP contribution in [0, 0.1) is 5.92 Å². The standard InChI is InChI=1S/C12H25F3N2/c1-4-6-7-17(10(3)5-2)9-11(8-16)12(13,14)15/h10-11H,4-9,16H2,1-3H3. The Balaban J connectivity index is 4.48. The molecule has 0 fully saturated rings. The Hall–Kier alpha value is -0.290. The third kappa shape index (κ3) is 6.27. The van der Waals surface area contributed by atoms with Gasteiger partial charge in [0, 0.05) is 19.1 Å². The molecule has 104 valence electrons. The van der Waals surface area contributed by atoms with Crippen molar-refractivity contribution in [2.24, 2.45) is 11.7 Å². The Labute approximate surface area is 102 Å². The summed E-state index contributed by atoms with van der Waals surface area (Å²) >= 11 is 0. The lowest BCUT2D eigenvalue weighted by Crippen LogP contribution is -2.44.